The second-order valence-electron chi connectivity index (χ2n) is 6.92. The molecule has 3 aliphatic rings. The molecule has 2 N–H and O–H groups in total. The molecule has 2 aliphatic carbocycles. The lowest BCUT2D eigenvalue weighted by Gasteiger charge is -2.32. The molecule has 5 rings (SSSR count). The van der Waals surface area contributed by atoms with E-state index in [9.17, 15) is 13.2 Å². The standard InChI is InChI=1S/C18H18N2O4S2/c21-18(19-15-13-5-3-10(13)8-11-4-6-14(11)15)20-26(22,23)17-16-12(9-25-17)2-1-7-24-16/h8-9H,1-7H2,(H2,19,20,21). The third kappa shape index (κ3) is 2.43. The first-order valence-corrected chi connectivity index (χ1v) is 11.1. The van der Waals surface area contributed by atoms with Gasteiger partial charge in [0.2, 0.25) is 0 Å². The van der Waals surface area contributed by atoms with Crippen LogP contribution in [0, 0.1) is 0 Å². The summed E-state index contributed by atoms with van der Waals surface area (Å²) >= 11 is 1.10. The molecule has 8 heteroatoms. The van der Waals surface area contributed by atoms with Crippen LogP contribution in [0.5, 0.6) is 5.75 Å². The van der Waals surface area contributed by atoms with Gasteiger partial charge in [-0.2, -0.15) is 0 Å². The smallest absolute Gasteiger partial charge is 0.333 e. The predicted octanol–water partition coefficient (Wildman–Crippen LogP) is 2.78. The van der Waals surface area contributed by atoms with Gasteiger partial charge in [0.15, 0.2) is 9.96 Å². The van der Waals surface area contributed by atoms with E-state index in [0.29, 0.717) is 12.4 Å². The Labute approximate surface area is 155 Å². The van der Waals surface area contributed by atoms with E-state index in [0.717, 1.165) is 72.2 Å². The van der Waals surface area contributed by atoms with Gasteiger partial charge >= 0.3 is 6.03 Å². The second-order valence-corrected chi connectivity index (χ2v) is 9.67. The Bertz CT molecular complexity index is 1010. The summed E-state index contributed by atoms with van der Waals surface area (Å²) in [7, 11) is -3.96. The molecule has 1 aromatic heterocycles. The molecule has 2 heterocycles. The summed E-state index contributed by atoms with van der Waals surface area (Å²) < 4.78 is 33.1. The molecule has 0 saturated heterocycles. The SMILES string of the molecule is O=C(Nc1c2c(cc3c1CC3)CC2)NS(=O)(=O)c1scc2c1OCCC2. The Kier molecular flexibility index (Phi) is 3.55. The van der Waals surface area contributed by atoms with Crippen LogP contribution in [0.25, 0.3) is 0 Å². The number of rotatable bonds is 3. The van der Waals surface area contributed by atoms with Gasteiger partial charge in [-0.25, -0.2) is 17.9 Å². The molecule has 0 unspecified atom stereocenters. The van der Waals surface area contributed by atoms with E-state index in [4.69, 9.17) is 4.74 Å². The number of carbonyl (C=O) groups is 1. The normalized spacial score (nSPS) is 16.9. The van der Waals surface area contributed by atoms with E-state index in [-0.39, 0.29) is 4.21 Å². The van der Waals surface area contributed by atoms with E-state index in [1.165, 1.54) is 11.1 Å². The van der Waals surface area contributed by atoms with E-state index in [1.54, 1.807) is 5.38 Å². The molecule has 26 heavy (non-hydrogen) atoms. The van der Waals surface area contributed by atoms with Gasteiger partial charge in [0.05, 0.1) is 6.61 Å². The van der Waals surface area contributed by atoms with E-state index in [1.807, 2.05) is 0 Å². The summed E-state index contributed by atoms with van der Waals surface area (Å²) in [6.07, 6.45) is 5.58. The molecule has 1 aromatic carbocycles. The predicted molar refractivity (Wildman–Crippen MR) is 98.7 cm³/mol. The van der Waals surface area contributed by atoms with Crippen molar-refractivity contribution in [2.75, 3.05) is 11.9 Å². The van der Waals surface area contributed by atoms with Gasteiger partial charge in [-0.1, -0.05) is 6.07 Å². The molecule has 2 aromatic rings. The number of fused-ring (bicyclic) bond motifs is 3. The van der Waals surface area contributed by atoms with Crippen LogP contribution in [0.4, 0.5) is 10.5 Å². The van der Waals surface area contributed by atoms with Crippen LogP contribution in [0.2, 0.25) is 0 Å². The number of nitrogens with one attached hydrogen (secondary N) is 2. The van der Waals surface area contributed by atoms with Gasteiger partial charge in [-0.05, 0) is 66.2 Å². The lowest BCUT2D eigenvalue weighted by atomic mass is 9.76. The number of amides is 2. The number of hydrogen-bond donors (Lipinski definition) is 2. The maximum atomic E-state index is 12.7. The first-order valence-electron chi connectivity index (χ1n) is 8.76. The largest absolute Gasteiger partial charge is 0.491 e. The maximum Gasteiger partial charge on any atom is 0.333 e. The van der Waals surface area contributed by atoms with Crippen molar-refractivity contribution in [3.05, 3.63) is 39.3 Å². The van der Waals surface area contributed by atoms with Gasteiger partial charge in [-0.15, -0.1) is 11.3 Å². The quantitative estimate of drug-likeness (QED) is 0.844. The third-order valence-electron chi connectivity index (χ3n) is 5.35. The van der Waals surface area contributed by atoms with Gasteiger partial charge in [-0.3, -0.25) is 0 Å². The van der Waals surface area contributed by atoms with Crippen LogP contribution >= 0.6 is 11.3 Å². The Morgan fingerprint density at radius 1 is 1.04 bits per heavy atom. The first kappa shape index (κ1) is 16.1. The van der Waals surface area contributed by atoms with Gasteiger partial charge in [0.25, 0.3) is 10.0 Å². The van der Waals surface area contributed by atoms with E-state index < -0.39 is 16.1 Å². The minimum Gasteiger partial charge on any atom is -0.491 e. The molecule has 0 fully saturated rings. The zero-order valence-corrected chi connectivity index (χ0v) is 15.7. The number of anilines is 1. The average molecular weight is 390 g/mol. The van der Waals surface area contributed by atoms with Crippen molar-refractivity contribution in [3.63, 3.8) is 0 Å². The average Bonchev–Trinajstić information content (AvgIpc) is 2.96. The van der Waals surface area contributed by atoms with E-state index in [2.05, 4.69) is 16.1 Å². The third-order valence-corrected chi connectivity index (χ3v) is 8.22. The second kappa shape index (κ2) is 5.72. The highest BCUT2D eigenvalue weighted by Gasteiger charge is 2.31. The molecule has 6 nitrogen and oxygen atoms in total. The number of aryl methyl sites for hydroxylation is 3. The Balaban J connectivity index is 1.39. The first-order chi connectivity index (χ1) is 12.5. The molecule has 0 spiro atoms. The van der Waals surface area contributed by atoms with Crippen molar-refractivity contribution < 1.29 is 17.9 Å². The van der Waals surface area contributed by atoms with Crippen LogP contribution in [-0.4, -0.2) is 21.1 Å². The summed E-state index contributed by atoms with van der Waals surface area (Å²) in [5.41, 5.74) is 6.53. The summed E-state index contributed by atoms with van der Waals surface area (Å²) in [5.74, 6) is 0.398. The zero-order valence-electron chi connectivity index (χ0n) is 14.1. The minimum absolute atomic E-state index is 0.0800. The van der Waals surface area contributed by atoms with Gasteiger partial charge in [0, 0.05) is 11.3 Å². The number of hydrogen-bond acceptors (Lipinski definition) is 5. The van der Waals surface area contributed by atoms with Gasteiger partial charge < -0.3 is 10.1 Å². The summed E-state index contributed by atoms with van der Waals surface area (Å²) in [6.45, 7) is 0.501. The number of thiophene rings is 1. The zero-order chi connectivity index (χ0) is 17.9. The van der Waals surface area contributed by atoms with Crippen LogP contribution in [0.3, 0.4) is 0 Å². The van der Waals surface area contributed by atoms with Crippen molar-refractivity contribution >= 4 is 33.1 Å². The van der Waals surface area contributed by atoms with Crippen molar-refractivity contribution in [3.8, 4) is 5.75 Å². The maximum absolute atomic E-state index is 12.7. The number of sulfonamides is 1. The van der Waals surface area contributed by atoms with Gasteiger partial charge in [0.1, 0.15) is 0 Å². The summed E-state index contributed by atoms with van der Waals surface area (Å²) in [4.78, 5) is 12.4. The number of carbonyl (C=O) groups excluding carboxylic acids is 1. The topological polar surface area (TPSA) is 84.5 Å². The molecule has 2 amide bonds. The highest BCUT2D eigenvalue weighted by molar-refractivity contribution is 7.92. The van der Waals surface area contributed by atoms with Crippen molar-refractivity contribution in [2.24, 2.45) is 0 Å². The monoisotopic (exact) mass is 390 g/mol. The molecule has 0 saturated carbocycles. The lowest BCUT2D eigenvalue weighted by Crippen LogP contribution is -2.36. The van der Waals surface area contributed by atoms with Crippen LogP contribution in [0.15, 0.2) is 15.7 Å². The Morgan fingerprint density at radius 3 is 2.42 bits per heavy atom. The van der Waals surface area contributed by atoms with Crippen molar-refractivity contribution in [2.45, 2.75) is 42.7 Å². The number of ether oxygens (including phenoxy) is 1. The molecule has 1 aliphatic heterocycles. The number of urea groups is 1. The minimum atomic E-state index is -3.96. The molecule has 0 radical (unpaired) electrons. The van der Waals surface area contributed by atoms with E-state index >= 15 is 0 Å². The molecule has 136 valence electrons. The highest BCUT2D eigenvalue weighted by Crippen LogP contribution is 2.41. The molecule has 0 atom stereocenters. The number of benzene rings is 1. The van der Waals surface area contributed by atoms with Crippen molar-refractivity contribution in [1.82, 2.24) is 4.72 Å². The fourth-order valence-corrected chi connectivity index (χ4v) is 6.21. The lowest BCUT2D eigenvalue weighted by molar-refractivity contribution is 0.256. The molecular weight excluding hydrogens is 372 g/mol. The molecular formula is C18H18N2O4S2. The Morgan fingerprint density at radius 2 is 1.77 bits per heavy atom. The Hall–Kier alpha value is -2.06. The van der Waals surface area contributed by atoms with Crippen LogP contribution in [-0.2, 0) is 42.1 Å². The molecule has 0 bridgehead atoms. The summed E-state index contributed by atoms with van der Waals surface area (Å²) in [6, 6.07) is 1.50. The fraction of sp³-hybridized carbons (Fsp3) is 0.389. The van der Waals surface area contributed by atoms with Crippen LogP contribution < -0.4 is 14.8 Å². The van der Waals surface area contributed by atoms with Crippen molar-refractivity contribution in [1.29, 1.82) is 0 Å². The summed E-state index contributed by atoms with van der Waals surface area (Å²) in [5, 5.41) is 4.59. The van der Waals surface area contributed by atoms with Crippen LogP contribution in [0.1, 0.15) is 34.2 Å². The fourth-order valence-electron chi connectivity index (χ4n) is 3.84. The highest BCUT2D eigenvalue weighted by atomic mass is 32.2.